The third-order valence-corrected chi connectivity index (χ3v) is 6.63. The Labute approximate surface area is 221 Å². The van der Waals surface area contributed by atoms with Crippen LogP contribution in [0.15, 0.2) is 0 Å². The second kappa shape index (κ2) is 14.1. The summed E-state index contributed by atoms with van der Waals surface area (Å²) in [5.74, 6) is -1.29. The fraction of sp³-hybridized carbons (Fsp3) is 0.952. The first kappa shape index (κ1) is 32.3. The van der Waals surface area contributed by atoms with Gasteiger partial charge in [0, 0.05) is 7.11 Å². The topological polar surface area (TPSA) is 284 Å². The monoisotopic (exact) mass is 576 g/mol. The van der Waals surface area contributed by atoms with E-state index in [1.807, 2.05) is 0 Å². The molecule has 0 aromatic carbocycles. The van der Waals surface area contributed by atoms with E-state index in [2.05, 4.69) is 0 Å². The highest BCUT2D eigenvalue weighted by Gasteiger charge is 2.53. The average Bonchev–Trinajstić information content (AvgIpc) is 2.91. The first-order chi connectivity index (χ1) is 18.4. The van der Waals surface area contributed by atoms with E-state index in [-0.39, 0.29) is 0 Å². The molecule has 0 radical (unpaired) electrons. The number of methoxy groups -OCH3 is 1. The molecular weight excluding hydrogens is 540 g/mol. The van der Waals surface area contributed by atoms with Gasteiger partial charge in [-0.25, -0.2) is 4.79 Å². The minimum atomic E-state index is -1.94. The molecule has 0 aromatic heterocycles. The lowest BCUT2D eigenvalue weighted by molar-refractivity contribution is -0.378. The summed E-state index contributed by atoms with van der Waals surface area (Å²) < 4.78 is 37.3. The summed E-state index contributed by atoms with van der Waals surface area (Å²) in [7, 11) is 1.18. The lowest BCUT2D eigenvalue weighted by atomic mass is 9.96. The lowest BCUT2D eigenvalue weighted by Gasteiger charge is -2.48. The van der Waals surface area contributed by atoms with Gasteiger partial charge in [0.15, 0.2) is 18.9 Å². The van der Waals surface area contributed by atoms with Crippen LogP contribution >= 0.6 is 0 Å². The molecule has 15 atom stereocenters. The van der Waals surface area contributed by atoms with Gasteiger partial charge in [-0.05, 0) is 0 Å². The van der Waals surface area contributed by atoms with Crippen LogP contribution in [0.4, 0.5) is 0 Å². The number of aliphatic hydroxyl groups is 9. The van der Waals surface area contributed by atoms with Gasteiger partial charge in [0.2, 0.25) is 0 Å². The number of carboxylic acids is 1. The van der Waals surface area contributed by atoms with Gasteiger partial charge in [-0.1, -0.05) is 0 Å². The Hall–Kier alpha value is -1.17. The maximum atomic E-state index is 10.8. The first-order valence-electron chi connectivity index (χ1n) is 12.0. The van der Waals surface area contributed by atoms with Gasteiger partial charge >= 0.3 is 5.97 Å². The van der Waals surface area contributed by atoms with Gasteiger partial charge in [-0.15, -0.1) is 0 Å². The molecular formula is C21H36O18. The van der Waals surface area contributed by atoms with E-state index in [9.17, 15) is 50.8 Å². The fourth-order valence-corrected chi connectivity index (χ4v) is 4.49. The summed E-state index contributed by atoms with van der Waals surface area (Å²) in [6, 6.07) is 0. The standard InChI is InChI=1S/C21H36O18/c1-33-19-15(31)12(28)18(8(37-19)4-34-5-9(24)25)39-21-16(32)13(29)17(7(3-23)36-21)38-20-14(30)11(27)10(26)6(2-22)35-20/h6-8,10-23,26-32H,2-5H2,1H3,(H,24,25)/t6-,7-,8-,10+,11+,12-,13-,14-,15-,16-,17+,18+,19-,20-,21+/m1/s1. The largest absolute Gasteiger partial charge is 0.480 e. The van der Waals surface area contributed by atoms with Crippen LogP contribution in [0.25, 0.3) is 0 Å². The predicted molar refractivity (Wildman–Crippen MR) is 117 cm³/mol. The van der Waals surface area contributed by atoms with Crippen molar-refractivity contribution in [3.8, 4) is 0 Å². The van der Waals surface area contributed by atoms with E-state index in [1.54, 1.807) is 0 Å². The normalized spacial score (nSPS) is 47.2. The molecule has 228 valence electrons. The van der Waals surface area contributed by atoms with Crippen LogP contribution in [-0.4, -0.2) is 183 Å². The fourth-order valence-electron chi connectivity index (χ4n) is 4.49. The molecule has 3 heterocycles. The highest BCUT2D eigenvalue weighted by molar-refractivity contribution is 5.67. The SMILES string of the molecule is CO[C@@H]1O[C@H](COCC(=O)O)[C@H](O[C@@H]2O[C@H](CO)[C@H](O[C@H]3O[C@H](CO)[C@H](O)[C@H](O)[C@H]3O)[C@H](O)[C@H]2O)[C@H](O)[C@H]1O. The number of hydrogen-bond acceptors (Lipinski definition) is 17. The molecule has 10 N–H and O–H groups in total. The van der Waals surface area contributed by atoms with Gasteiger partial charge in [-0.2, -0.15) is 0 Å². The quantitative estimate of drug-likeness (QED) is 0.109. The van der Waals surface area contributed by atoms with E-state index in [1.165, 1.54) is 7.11 Å². The Kier molecular flexibility index (Phi) is 11.7. The Balaban J connectivity index is 1.73. The number of aliphatic hydroxyl groups excluding tert-OH is 9. The molecule has 0 aliphatic carbocycles. The molecule has 3 aliphatic heterocycles. The molecule has 39 heavy (non-hydrogen) atoms. The maximum absolute atomic E-state index is 10.8. The Bertz CT molecular complexity index is 769. The smallest absolute Gasteiger partial charge is 0.329 e. The van der Waals surface area contributed by atoms with Gasteiger partial charge in [0.1, 0.15) is 79.9 Å². The summed E-state index contributed by atoms with van der Waals surface area (Å²) >= 11 is 0. The number of rotatable bonds is 11. The highest BCUT2D eigenvalue weighted by atomic mass is 16.8. The van der Waals surface area contributed by atoms with Crippen molar-refractivity contribution in [2.24, 2.45) is 0 Å². The number of aliphatic carboxylic acids is 1. The van der Waals surface area contributed by atoms with Gasteiger partial charge in [0.05, 0.1) is 19.8 Å². The van der Waals surface area contributed by atoms with Crippen molar-refractivity contribution >= 4 is 5.97 Å². The molecule has 3 aliphatic rings. The van der Waals surface area contributed by atoms with Gasteiger partial charge in [0.25, 0.3) is 0 Å². The minimum absolute atomic E-state index is 0.460. The summed E-state index contributed by atoms with van der Waals surface area (Å²) in [4.78, 5) is 10.8. The molecule has 3 rings (SSSR count). The lowest BCUT2D eigenvalue weighted by Crippen LogP contribution is -2.66. The molecule has 0 amide bonds. The van der Waals surface area contributed by atoms with Crippen LogP contribution in [0.2, 0.25) is 0 Å². The number of hydrogen-bond donors (Lipinski definition) is 10. The van der Waals surface area contributed by atoms with Crippen molar-refractivity contribution in [2.75, 3.05) is 33.5 Å². The summed E-state index contributed by atoms with van der Waals surface area (Å²) in [6.45, 7) is -2.78. The Morgan fingerprint density at radius 2 is 1.10 bits per heavy atom. The van der Waals surface area contributed by atoms with Crippen LogP contribution in [0.3, 0.4) is 0 Å². The number of carbonyl (C=O) groups is 1. The van der Waals surface area contributed by atoms with Crippen molar-refractivity contribution < 1.29 is 89.0 Å². The summed E-state index contributed by atoms with van der Waals surface area (Å²) in [5, 5.41) is 101. The van der Waals surface area contributed by atoms with Crippen LogP contribution in [0.1, 0.15) is 0 Å². The summed E-state index contributed by atoms with van der Waals surface area (Å²) in [5.41, 5.74) is 0. The zero-order valence-corrected chi connectivity index (χ0v) is 20.7. The van der Waals surface area contributed by atoms with Crippen molar-refractivity contribution in [3.05, 3.63) is 0 Å². The third-order valence-electron chi connectivity index (χ3n) is 6.63. The van der Waals surface area contributed by atoms with Crippen LogP contribution < -0.4 is 0 Å². The maximum Gasteiger partial charge on any atom is 0.329 e. The van der Waals surface area contributed by atoms with Crippen molar-refractivity contribution in [3.63, 3.8) is 0 Å². The molecule has 0 aromatic rings. The van der Waals surface area contributed by atoms with Gasteiger partial charge in [-0.3, -0.25) is 0 Å². The number of ether oxygens (including phenoxy) is 7. The molecule has 0 spiro atoms. The zero-order chi connectivity index (χ0) is 29.0. The van der Waals surface area contributed by atoms with E-state index < -0.39 is 125 Å². The van der Waals surface area contributed by atoms with Crippen LogP contribution in [0.5, 0.6) is 0 Å². The second-order valence-electron chi connectivity index (χ2n) is 9.27. The van der Waals surface area contributed by atoms with E-state index in [0.29, 0.717) is 0 Å². The number of carboxylic acid groups (broad SMARTS) is 1. The molecule has 0 bridgehead atoms. The van der Waals surface area contributed by atoms with E-state index >= 15 is 0 Å². The minimum Gasteiger partial charge on any atom is -0.480 e. The van der Waals surface area contributed by atoms with Crippen molar-refractivity contribution in [2.45, 2.75) is 92.1 Å². The van der Waals surface area contributed by atoms with Crippen molar-refractivity contribution in [1.29, 1.82) is 0 Å². The summed E-state index contributed by atoms with van der Waals surface area (Å²) in [6.07, 6.45) is -24.6. The van der Waals surface area contributed by atoms with Crippen LogP contribution in [-0.2, 0) is 38.0 Å². The van der Waals surface area contributed by atoms with E-state index in [0.717, 1.165) is 0 Å². The second-order valence-corrected chi connectivity index (χ2v) is 9.27. The Morgan fingerprint density at radius 3 is 1.62 bits per heavy atom. The molecule has 0 unspecified atom stereocenters. The molecule has 18 nitrogen and oxygen atoms in total. The molecule has 3 fully saturated rings. The Morgan fingerprint density at radius 1 is 0.641 bits per heavy atom. The van der Waals surface area contributed by atoms with Crippen LogP contribution in [0, 0.1) is 0 Å². The van der Waals surface area contributed by atoms with Crippen molar-refractivity contribution in [1.82, 2.24) is 0 Å². The first-order valence-corrected chi connectivity index (χ1v) is 12.0. The average molecular weight is 577 g/mol. The highest BCUT2D eigenvalue weighted by Crippen LogP contribution is 2.32. The molecule has 3 saturated heterocycles. The van der Waals surface area contributed by atoms with E-state index in [4.69, 9.17) is 38.3 Å². The van der Waals surface area contributed by atoms with Gasteiger partial charge < -0.3 is 84.2 Å². The zero-order valence-electron chi connectivity index (χ0n) is 20.7. The molecule has 0 saturated carbocycles. The third kappa shape index (κ3) is 7.19. The molecule has 18 heteroatoms. The predicted octanol–water partition coefficient (Wildman–Crippen LogP) is -6.81.